The molecule has 0 unspecified atom stereocenters. The van der Waals surface area contributed by atoms with Gasteiger partial charge in [0.25, 0.3) is 11.8 Å². The fourth-order valence-electron chi connectivity index (χ4n) is 2.93. The second kappa shape index (κ2) is 9.51. The summed E-state index contributed by atoms with van der Waals surface area (Å²) in [5.74, 6) is -1.77. The lowest BCUT2D eigenvalue weighted by Gasteiger charge is -2.08. The van der Waals surface area contributed by atoms with Crippen LogP contribution in [0.25, 0.3) is 0 Å². The molecule has 8 nitrogen and oxygen atoms in total. The minimum Gasteiger partial charge on any atom is -0.452 e. The number of aromatic nitrogens is 2. The van der Waals surface area contributed by atoms with Crippen molar-refractivity contribution in [1.82, 2.24) is 20.6 Å². The highest BCUT2D eigenvalue weighted by Crippen LogP contribution is 2.16. The first-order valence-corrected chi connectivity index (χ1v) is 9.35. The number of amides is 2. The van der Waals surface area contributed by atoms with Gasteiger partial charge < -0.3 is 4.74 Å². The topological polar surface area (TPSA) is 102 Å². The van der Waals surface area contributed by atoms with E-state index in [4.69, 9.17) is 4.74 Å². The number of benzene rings is 2. The molecule has 30 heavy (non-hydrogen) atoms. The summed E-state index contributed by atoms with van der Waals surface area (Å²) in [6.07, 6.45) is 0. The van der Waals surface area contributed by atoms with Crippen molar-refractivity contribution in [2.45, 2.75) is 20.4 Å². The van der Waals surface area contributed by atoms with E-state index in [9.17, 15) is 14.4 Å². The van der Waals surface area contributed by atoms with Crippen LogP contribution in [-0.4, -0.2) is 34.2 Å². The van der Waals surface area contributed by atoms with Crippen LogP contribution in [0.1, 0.15) is 37.7 Å². The van der Waals surface area contributed by atoms with Gasteiger partial charge in [0.05, 0.1) is 17.9 Å². The highest BCUT2D eigenvalue weighted by molar-refractivity contribution is 5.96. The van der Waals surface area contributed by atoms with Gasteiger partial charge in [-0.2, -0.15) is 5.10 Å². The number of carbonyl (C=O) groups is 3. The molecule has 0 aliphatic rings. The lowest BCUT2D eigenvalue weighted by molar-refractivity contribution is -0.125. The molecule has 2 amide bonds. The molecule has 2 aromatic carbocycles. The number of hydrazine groups is 1. The van der Waals surface area contributed by atoms with Gasteiger partial charge in [-0.05, 0) is 31.5 Å². The number of rotatable bonds is 6. The van der Waals surface area contributed by atoms with Crippen LogP contribution in [-0.2, 0) is 16.1 Å². The fourth-order valence-corrected chi connectivity index (χ4v) is 2.93. The van der Waals surface area contributed by atoms with Crippen LogP contribution in [0.2, 0.25) is 0 Å². The molecule has 8 heteroatoms. The number of hydrogen-bond acceptors (Lipinski definition) is 5. The minimum absolute atomic E-state index is 0.326. The van der Waals surface area contributed by atoms with Crippen molar-refractivity contribution in [3.63, 3.8) is 0 Å². The number of hydrogen-bond donors (Lipinski definition) is 2. The number of ether oxygens (including phenoxy) is 1. The molecule has 0 fully saturated rings. The first-order valence-electron chi connectivity index (χ1n) is 9.35. The molecule has 0 aliphatic carbocycles. The lowest BCUT2D eigenvalue weighted by atomic mass is 10.2. The van der Waals surface area contributed by atoms with Gasteiger partial charge in [-0.3, -0.25) is 25.1 Å². The number of carbonyl (C=O) groups excluding carboxylic acids is 3. The number of esters is 1. The number of nitrogens with zero attached hydrogens (tertiary/aromatic N) is 2. The van der Waals surface area contributed by atoms with Crippen molar-refractivity contribution in [2.24, 2.45) is 0 Å². The summed E-state index contributed by atoms with van der Waals surface area (Å²) in [6.45, 7) is 3.48. The Kier molecular flexibility index (Phi) is 6.59. The Morgan fingerprint density at radius 1 is 0.933 bits per heavy atom. The van der Waals surface area contributed by atoms with Crippen molar-refractivity contribution < 1.29 is 19.1 Å². The first-order chi connectivity index (χ1) is 14.5. The Labute approximate surface area is 173 Å². The molecule has 0 radical (unpaired) electrons. The maximum absolute atomic E-state index is 12.5. The summed E-state index contributed by atoms with van der Waals surface area (Å²) < 4.78 is 6.82. The third-order valence-corrected chi connectivity index (χ3v) is 4.45. The van der Waals surface area contributed by atoms with E-state index in [2.05, 4.69) is 16.0 Å². The van der Waals surface area contributed by atoms with E-state index < -0.39 is 24.4 Å². The van der Waals surface area contributed by atoms with E-state index in [-0.39, 0.29) is 0 Å². The van der Waals surface area contributed by atoms with E-state index in [1.807, 2.05) is 30.3 Å². The van der Waals surface area contributed by atoms with E-state index in [1.54, 1.807) is 48.9 Å². The number of aryl methyl sites for hydroxylation is 1. The Morgan fingerprint density at radius 3 is 2.23 bits per heavy atom. The van der Waals surface area contributed by atoms with Gasteiger partial charge in [-0.15, -0.1) is 0 Å². The molecule has 0 saturated heterocycles. The van der Waals surface area contributed by atoms with Gasteiger partial charge in [-0.25, -0.2) is 4.79 Å². The molecule has 2 N–H and O–H groups in total. The van der Waals surface area contributed by atoms with Gasteiger partial charge in [0.15, 0.2) is 6.61 Å². The van der Waals surface area contributed by atoms with Crippen LogP contribution in [0.4, 0.5) is 0 Å². The molecule has 0 aliphatic heterocycles. The summed E-state index contributed by atoms with van der Waals surface area (Å²) in [7, 11) is 0. The highest BCUT2D eigenvalue weighted by atomic mass is 16.5. The molecule has 0 atom stereocenters. The molecule has 1 aromatic heterocycles. The Balaban J connectivity index is 1.54. The van der Waals surface area contributed by atoms with Crippen molar-refractivity contribution in [3.05, 3.63) is 88.7 Å². The van der Waals surface area contributed by atoms with Gasteiger partial charge in [0, 0.05) is 5.56 Å². The molecule has 0 bridgehead atoms. The summed E-state index contributed by atoms with van der Waals surface area (Å²) in [5, 5.41) is 4.41. The normalized spacial score (nSPS) is 10.3. The zero-order valence-corrected chi connectivity index (χ0v) is 16.7. The summed E-state index contributed by atoms with van der Waals surface area (Å²) >= 11 is 0. The van der Waals surface area contributed by atoms with Crippen molar-refractivity contribution in [3.8, 4) is 0 Å². The van der Waals surface area contributed by atoms with Crippen LogP contribution in [0.5, 0.6) is 0 Å². The third-order valence-electron chi connectivity index (χ3n) is 4.45. The van der Waals surface area contributed by atoms with Crippen LogP contribution in [0, 0.1) is 13.8 Å². The average Bonchev–Trinajstić information content (AvgIpc) is 3.04. The van der Waals surface area contributed by atoms with Gasteiger partial charge in [-0.1, -0.05) is 48.5 Å². The molecule has 0 spiro atoms. The smallest absolute Gasteiger partial charge is 0.342 e. The minimum atomic E-state index is -0.653. The summed E-state index contributed by atoms with van der Waals surface area (Å²) in [5.41, 5.74) is 7.43. The van der Waals surface area contributed by atoms with Crippen LogP contribution < -0.4 is 10.9 Å². The van der Waals surface area contributed by atoms with Crippen LogP contribution in [0.15, 0.2) is 60.7 Å². The predicted octanol–water partition coefficient (Wildman–Crippen LogP) is 2.17. The summed E-state index contributed by atoms with van der Waals surface area (Å²) in [6, 6.07) is 18.2. The maximum atomic E-state index is 12.5. The molecular formula is C22H22N4O4. The largest absolute Gasteiger partial charge is 0.452 e. The van der Waals surface area contributed by atoms with Gasteiger partial charge >= 0.3 is 5.97 Å². The van der Waals surface area contributed by atoms with E-state index >= 15 is 0 Å². The Bertz CT molecular complexity index is 1050. The zero-order chi connectivity index (χ0) is 21.5. The molecule has 3 rings (SSSR count). The second-order valence-electron chi connectivity index (χ2n) is 6.63. The summed E-state index contributed by atoms with van der Waals surface area (Å²) in [4.78, 5) is 36.3. The highest BCUT2D eigenvalue weighted by Gasteiger charge is 2.21. The quantitative estimate of drug-likeness (QED) is 0.482. The van der Waals surface area contributed by atoms with Crippen LogP contribution in [0.3, 0.4) is 0 Å². The SMILES string of the molecule is Cc1nn(Cc2ccccc2)c(C)c1C(=O)OCC(=O)NNC(=O)c1ccccc1. The molecule has 1 heterocycles. The Hall–Kier alpha value is -3.94. The number of nitrogens with one attached hydrogen (secondary N) is 2. The third kappa shape index (κ3) is 5.11. The fraction of sp³-hybridized carbons (Fsp3) is 0.182. The molecule has 0 saturated carbocycles. The van der Waals surface area contributed by atoms with E-state index in [0.717, 1.165) is 5.56 Å². The van der Waals surface area contributed by atoms with E-state index in [1.165, 1.54) is 0 Å². The van der Waals surface area contributed by atoms with Crippen molar-refractivity contribution in [2.75, 3.05) is 6.61 Å². The van der Waals surface area contributed by atoms with Crippen molar-refractivity contribution >= 4 is 17.8 Å². The van der Waals surface area contributed by atoms with Crippen LogP contribution >= 0.6 is 0 Å². The first kappa shape index (κ1) is 20.8. The van der Waals surface area contributed by atoms with Gasteiger partial charge in [0.1, 0.15) is 5.56 Å². The van der Waals surface area contributed by atoms with Crippen molar-refractivity contribution in [1.29, 1.82) is 0 Å². The molecular weight excluding hydrogens is 384 g/mol. The predicted molar refractivity (Wildman–Crippen MR) is 110 cm³/mol. The van der Waals surface area contributed by atoms with Gasteiger partial charge in [0.2, 0.25) is 0 Å². The molecule has 3 aromatic rings. The average molecular weight is 406 g/mol. The monoisotopic (exact) mass is 406 g/mol. The Morgan fingerprint density at radius 2 is 1.57 bits per heavy atom. The lowest BCUT2D eigenvalue weighted by Crippen LogP contribution is -2.43. The van der Waals surface area contributed by atoms with E-state index in [0.29, 0.717) is 29.1 Å². The molecule has 154 valence electrons. The maximum Gasteiger partial charge on any atom is 0.342 e. The second-order valence-corrected chi connectivity index (χ2v) is 6.63. The standard InChI is InChI=1S/C22H22N4O4/c1-15-20(16(2)26(25-15)13-17-9-5-3-6-10-17)22(29)30-14-19(27)23-24-21(28)18-11-7-4-8-12-18/h3-12H,13-14H2,1-2H3,(H,23,27)(H,24,28). The zero-order valence-electron chi connectivity index (χ0n) is 16.7.